The highest BCUT2D eigenvalue weighted by Gasteiger charge is 2.09. The van der Waals surface area contributed by atoms with Crippen LogP contribution < -0.4 is 25.8 Å². The lowest BCUT2D eigenvalue weighted by Crippen LogP contribution is -2.20. The van der Waals surface area contributed by atoms with E-state index in [0.29, 0.717) is 36.8 Å². The van der Waals surface area contributed by atoms with E-state index in [2.05, 4.69) is 5.32 Å². The van der Waals surface area contributed by atoms with E-state index in [1.807, 2.05) is 54.1 Å². The first kappa shape index (κ1) is 21.4. The Balaban J connectivity index is 1.45. The maximum atomic E-state index is 12.5. The molecule has 164 valence electrons. The summed E-state index contributed by atoms with van der Waals surface area (Å²) in [5.74, 6) is 0.927. The second-order valence-electron chi connectivity index (χ2n) is 7.43. The predicted octanol–water partition coefficient (Wildman–Crippen LogP) is 3.37. The summed E-state index contributed by atoms with van der Waals surface area (Å²) >= 11 is 0. The molecule has 0 aliphatic rings. The fourth-order valence-corrected chi connectivity index (χ4v) is 3.47. The Morgan fingerprint density at radius 2 is 1.81 bits per heavy atom. The molecular formula is C25H24N2O5. The van der Waals surface area contributed by atoms with Gasteiger partial charge < -0.3 is 23.8 Å². The molecule has 0 amide bonds. The molecular weight excluding hydrogens is 408 g/mol. The molecule has 0 aliphatic heterocycles. The van der Waals surface area contributed by atoms with E-state index in [9.17, 15) is 9.59 Å². The van der Waals surface area contributed by atoms with Crippen LogP contribution in [0.4, 0.5) is 0 Å². The van der Waals surface area contributed by atoms with Crippen molar-refractivity contribution in [1.82, 2.24) is 9.88 Å². The van der Waals surface area contributed by atoms with Gasteiger partial charge in [-0.2, -0.15) is 0 Å². The van der Waals surface area contributed by atoms with Gasteiger partial charge >= 0.3 is 5.63 Å². The van der Waals surface area contributed by atoms with Crippen LogP contribution in [0.25, 0.3) is 11.0 Å². The normalized spacial score (nSPS) is 10.9. The monoisotopic (exact) mass is 432 g/mol. The minimum atomic E-state index is -0.421. The molecule has 4 aromatic rings. The molecule has 0 atom stereocenters. The zero-order valence-electron chi connectivity index (χ0n) is 18.0. The van der Waals surface area contributed by atoms with Gasteiger partial charge in [-0.05, 0) is 23.3 Å². The van der Waals surface area contributed by atoms with E-state index in [4.69, 9.17) is 13.9 Å². The van der Waals surface area contributed by atoms with Crippen molar-refractivity contribution in [1.29, 1.82) is 0 Å². The Morgan fingerprint density at radius 1 is 1.00 bits per heavy atom. The number of rotatable bonds is 8. The lowest BCUT2D eigenvalue weighted by Gasteiger charge is -2.13. The SMILES string of the molecule is COc1ccc2c(CNCc3cc(=O)c(OCc4ccccc4)cn3C)cc(=O)oc2c1. The maximum Gasteiger partial charge on any atom is 0.336 e. The summed E-state index contributed by atoms with van der Waals surface area (Å²) in [6.07, 6.45) is 1.70. The zero-order valence-corrected chi connectivity index (χ0v) is 18.0. The van der Waals surface area contributed by atoms with Crippen molar-refractivity contribution in [3.05, 3.63) is 104 Å². The van der Waals surface area contributed by atoms with Crippen molar-refractivity contribution in [2.45, 2.75) is 19.7 Å². The van der Waals surface area contributed by atoms with E-state index in [1.54, 1.807) is 25.4 Å². The van der Waals surface area contributed by atoms with Gasteiger partial charge in [0.05, 0.1) is 13.3 Å². The van der Waals surface area contributed by atoms with Crippen LogP contribution in [-0.2, 0) is 26.7 Å². The van der Waals surface area contributed by atoms with Crippen LogP contribution in [0.15, 0.2) is 80.9 Å². The molecule has 4 rings (SSSR count). The molecule has 0 saturated heterocycles. The number of aromatic nitrogens is 1. The molecule has 0 spiro atoms. The highest BCUT2D eigenvalue weighted by atomic mass is 16.5. The van der Waals surface area contributed by atoms with Gasteiger partial charge in [0.2, 0.25) is 5.43 Å². The van der Waals surface area contributed by atoms with Gasteiger partial charge in [0, 0.05) is 49.4 Å². The second-order valence-corrected chi connectivity index (χ2v) is 7.43. The Morgan fingerprint density at radius 3 is 2.59 bits per heavy atom. The molecule has 2 aromatic heterocycles. The second kappa shape index (κ2) is 9.53. The summed E-state index contributed by atoms with van der Waals surface area (Å²) < 4.78 is 18.0. The first-order valence-corrected chi connectivity index (χ1v) is 10.2. The predicted molar refractivity (Wildman–Crippen MR) is 122 cm³/mol. The summed E-state index contributed by atoms with van der Waals surface area (Å²) in [5.41, 5.74) is 2.49. The summed E-state index contributed by atoms with van der Waals surface area (Å²) in [7, 11) is 3.43. The molecule has 2 aromatic carbocycles. The molecule has 7 heteroatoms. The smallest absolute Gasteiger partial charge is 0.336 e. The fraction of sp³-hybridized carbons (Fsp3) is 0.200. The first-order chi connectivity index (χ1) is 15.5. The number of methoxy groups -OCH3 is 1. The third-order valence-electron chi connectivity index (χ3n) is 5.20. The lowest BCUT2D eigenvalue weighted by atomic mass is 10.1. The number of hydrogen-bond donors (Lipinski definition) is 1. The summed E-state index contributed by atoms with van der Waals surface area (Å²) in [6.45, 7) is 1.22. The molecule has 0 saturated carbocycles. The molecule has 0 aliphatic carbocycles. The van der Waals surface area contributed by atoms with Crippen molar-refractivity contribution in [3.63, 3.8) is 0 Å². The van der Waals surface area contributed by atoms with Crippen LogP contribution in [-0.4, -0.2) is 11.7 Å². The number of benzene rings is 2. The summed E-state index contributed by atoms with van der Waals surface area (Å²) in [5, 5.41) is 4.13. The first-order valence-electron chi connectivity index (χ1n) is 10.2. The van der Waals surface area contributed by atoms with Gasteiger partial charge in [-0.25, -0.2) is 4.79 Å². The van der Waals surface area contributed by atoms with Crippen molar-refractivity contribution in [3.8, 4) is 11.5 Å². The molecule has 32 heavy (non-hydrogen) atoms. The third-order valence-corrected chi connectivity index (χ3v) is 5.20. The molecule has 0 fully saturated rings. The van der Waals surface area contributed by atoms with Crippen molar-refractivity contribution in [2.75, 3.05) is 7.11 Å². The minimum Gasteiger partial charge on any atom is -0.497 e. The number of fused-ring (bicyclic) bond motifs is 1. The maximum absolute atomic E-state index is 12.5. The Hall–Kier alpha value is -3.84. The van der Waals surface area contributed by atoms with E-state index < -0.39 is 5.63 Å². The third kappa shape index (κ3) is 4.90. The number of aryl methyl sites for hydroxylation is 1. The van der Waals surface area contributed by atoms with E-state index in [1.165, 1.54) is 6.07 Å². The van der Waals surface area contributed by atoms with Crippen LogP contribution in [0.5, 0.6) is 11.5 Å². The van der Waals surface area contributed by atoms with E-state index in [0.717, 1.165) is 22.2 Å². The van der Waals surface area contributed by atoms with Crippen molar-refractivity contribution >= 4 is 11.0 Å². The molecule has 0 bridgehead atoms. The highest BCUT2D eigenvalue weighted by Crippen LogP contribution is 2.22. The van der Waals surface area contributed by atoms with Gasteiger partial charge in [-0.15, -0.1) is 0 Å². The average molecular weight is 432 g/mol. The van der Waals surface area contributed by atoms with Crippen LogP contribution in [0, 0.1) is 0 Å². The van der Waals surface area contributed by atoms with E-state index in [-0.39, 0.29) is 5.43 Å². The molecule has 1 N–H and O–H groups in total. The Labute approximate surface area is 184 Å². The zero-order chi connectivity index (χ0) is 22.5. The number of hydrogen-bond acceptors (Lipinski definition) is 6. The van der Waals surface area contributed by atoms with Gasteiger partial charge in [-0.3, -0.25) is 4.79 Å². The van der Waals surface area contributed by atoms with Crippen molar-refractivity contribution < 1.29 is 13.9 Å². The molecule has 2 heterocycles. The van der Waals surface area contributed by atoms with Crippen LogP contribution in [0.2, 0.25) is 0 Å². The molecule has 7 nitrogen and oxygen atoms in total. The Bertz CT molecular complexity index is 1340. The van der Waals surface area contributed by atoms with Crippen molar-refractivity contribution in [2.24, 2.45) is 7.05 Å². The number of pyridine rings is 1. The van der Waals surface area contributed by atoms with Gasteiger partial charge in [0.25, 0.3) is 0 Å². The van der Waals surface area contributed by atoms with Gasteiger partial charge in [-0.1, -0.05) is 30.3 Å². The fourth-order valence-electron chi connectivity index (χ4n) is 3.47. The molecule has 0 radical (unpaired) electrons. The number of ether oxygens (including phenoxy) is 2. The standard InChI is InChI=1S/C25H24N2O5/c1-27-15-24(31-16-17-6-4-3-5-7-17)22(28)11-19(27)14-26-13-18-10-25(29)32-23-12-20(30-2)8-9-21(18)23/h3-12,15,26H,13-14,16H2,1-2H3. The van der Waals surface area contributed by atoms with Crippen LogP contribution >= 0.6 is 0 Å². The average Bonchev–Trinajstić information content (AvgIpc) is 2.80. The summed E-state index contributed by atoms with van der Waals surface area (Å²) in [4.78, 5) is 24.4. The quantitative estimate of drug-likeness (QED) is 0.430. The number of nitrogens with one attached hydrogen (secondary N) is 1. The van der Waals surface area contributed by atoms with Crippen LogP contribution in [0.1, 0.15) is 16.8 Å². The highest BCUT2D eigenvalue weighted by molar-refractivity contribution is 5.81. The molecule has 0 unspecified atom stereocenters. The summed E-state index contributed by atoms with van der Waals surface area (Å²) in [6, 6.07) is 18.1. The lowest BCUT2D eigenvalue weighted by molar-refractivity contribution is 0.300. The minimum absolute atomic E-state index is 0.172. The van der Waals surface area contributed by atoms with Crippen LogP contribution in [0.3, 0.4) is 0 Å². The van der Waals surface area contributed by atoms with Gasteiger partial charge in [0.15, 0.2) is 5.75 Å². The number of nitrogens with zero attached hydrogens (tertiary/aromatic N) is 1. The van der Waals surface area contributed by atoms with E-state index >= 15 is 0 Å². The Kier molecular flexibility index (Phi) is 6.37. The van der Waals surface area contributed by atoms with Gasteiger partial charge in [0.1, 0.15) is 17.9 Å². The largest absolute Gasteiger partial charge is 0.497 e. The topological polar surface area (TPSA) is 82.7 Å².